The average molecular weight is 444 g/mol. The van der Waals surface area contributed by atoms with E-state index in [0.29, 0.717) is 29.5 Å². The number of primary amides is 1. The number of amides is 3. The van der Waals surface area contributed by atoms with Crippen molar-refractivity contribution in [1.29, 1.82) is 0 Å². The van der Waals surface area contributed by atoms with Crippen molar-refractivity contribution in [2.75, 3.05) is 11.5 Å². The number of hydrogen-bond acceptors (Lipinski definition) is 3. The fourth-order valence-corrected chi connectivity index (χ4v) is 4.37. The highest BCUT2D eigenvalue weighted by molar-refractivity contribution is 6.34. The summed E-state index contributed by atoms with van der Waals surface area (Å²) in [5.41, 5.74) is 7.76. The molecule has 1 aliphatic rings. The number of ether oxygens (including phenoxy) is 1. The lowest BCUT2D eigenvalue weighted by atomic mass is 10.00. The molecule has 1 unspecified atom stereocenters. The number of para-hydroxylation sites is 1. The molecule has 0 fully saturated rings. The first-order valence-electron chi connectivity index (χ1n) is 10.8. The molecule has 7 heteroatoms. The molecule has 0 aliphatic carbocycles. The molecule has 0 spiro atoms. The average Bonchev–Trinajstić information content (AvgIpc) is 2.87. The van der Waals surface area contributed by atoms with Gasteiger partial charge in [0, 0.05) is 12.2 Å². The predicted octanol–water partition coefficient (Wildman–Crippen LogP) is 5.23. The summed E-state index contributed by atoms with van der Waals surface area (Å²) < 4.78 is 5.64. The van der Waals surface area contributed by atoms with Gasteiger partial charge in [-0.15, -0.1) is 0 Å². The van der Waals surface area contributed by atoms with Crippen molar-refractivity contribution in [3.63, 3.8) is 0 Å². The molecule has 0 aromatic heterocycles. The maximum Gasteiger partial charge on any atom is 0.315 e. The summed E-state index contributed by atoms with van der Waals surface area (Å²) in [5.74, 6) is 0.439. The van der Waals surface area contributed by atoms with Crippen LogP contribution >= 0.6 is 11.6 Å². The van der Waals surface area contributed by atoms with Crippen LogP contribution in [0.3, 0.4) is 0 Å². The number of urea groups is 1. The summed E-state index contributed by atoms with van der Waals surface area (Å²) in [6, 6.07) is 11.8. The van der Waals surface area contributed by atoms with Gasteiger partial charge >= 0.3 is 6.03 Å². The molecule has 6 nitrogen and oxygen atoms in total. The van der Waals surface area contributed by atoms with Crippen LogP contribution in [-0.2, 0) is 6.54 Å². The maximum atomic E-state index is 13.8. The Kier molecular flexibility index (Phi) is 7.44. The SMILES string of the molecule is CCCOc1ccc(C(=O)N2c3ccccc3CN(C(N)=O)C(C)[C@H]2CCC)c(Cl)c1. The normalized spacial score (nSPS) is 18.3. The number of benzene rings is 2. The lowest BCUT2D eigenvalue weighted by molar-refractivity contribution is 0.0958. The van der Waals surface area contributed by atoms with Gasteiger partial charge in [0.1, 0.15) is 5.75 Å². The molecule has 0 saturated heterocycles. The highest BCUT2D eigenvalue weighted by Gasteiger charge is 2.38. The highest BCUT2D eigenvalue weighted by Crippen LogP contribution is 2.35. The lowest BCUT2D eigenvalue weighted by Gasteiger charge is -2.37. The largest absolute Gasteiger partial charge is 0.494 e. The minimum Gasteiger partial charge on any atom is -0.494 e. The molecule has 1 aliphatic heterocycles. The number of carbonyl (C=O) groups is 2. The van der Waals surface area contributed by atoms with E-state index in [1.54, 1.807) is 28.0 Å². The Labute approximate surface area is 188 Å². The van der Waals surface area contributed by atoms with Gasteiger partial charge in [-0.2, -0.15) is 0 Å². The Morgan fingerprint density at radius 3 is 2.55 bits per heavy atom. The van der Waals surface area contributed by atoms with Gasteiger partial charge in [-0.25, -0.2) is 4.79 Å². The van der Waals surface area contributed by atoms with E-state index in [4.69, 9.17) is 22.1 Å². The molecule has 0 bridgehead atoms. The Morgan fingerprint density at radius 2 is 1.90 bits per heavy atom. The van der Waals surface area contributed by atoms with Gasteiger partial charge in [0.05, 0.1) is 29.3 Å². The third-order valence-electron chi connectivity index (χ3n) is 5.70. The van der Waals surface area contributed by atoms with Gasteiger partial charge in [-0.3, -0.25) is 4.79 Å². The molecule has 2 aromatic rings. The van der Waals surface area contributed by atoms with E-state index in [1.807, 2.05) is 38.1 Å². The van der Waals surface area contributed by atoms with E-state index in [2.05, 4.69) is 6.92 Å². The first kappa shape index (κ1) is 22.9. The van der Waals surface area contributed by atoms with E-state index < -0.39 is 6.03 Å². The van der Waals surface area contributed by atoms with Crippen LogP contribution < -0.4 is 15.4 Å². The number of nitrogens with zero attached hydrogens (tertiary/aromatic N) is 2. The van der Waals surface area contributed by atoms with Crippen molar-refractivity contribution in [3.8, 4) is 5.75 Å². The first-order chi connectivity index (χ1) is 14.9. The van der Waals surface area contributed by atoms with Gasteiger partial charge in [0.15, 0.2) is 0 Å². The zero-order valence-corrected chi connectivity index (χ0v) is 19.1. The second-order valence-corrected chi connectivity index (χ2v) is 8.26. The second-order valence-electron chi connectivity index (χ2n) is 7.86. The molecular weight excluding hydrogens is 414 g/mol. The number of rotatable bonds is 6. The first-order valence-corrected chi connectivity index (χ1v) is 11.2. The van der Waals surface area contributed by atoms with Crippen LogP contribution in [-0.4, -0.2) is 35.5 Å². The molecule has 0 saturated carbocycles. The lowest BCUT2D eigenvalue weighted by Crippen LogP contribution is -2.53. The van der Waals surface area contributed by atoms with E-state index in [1.165, 1.54) is 0 Å². The van der Waals surface area contributed by atoms with Crippen LogP contribution in [0.25, 0.3) is 0 Å². The van der Waals surface area contributed by atoms with Crippen LogP contribution in [0.2, 0.25) is 5.02 Å². The zero-order chi connectivity index (χ0) is 22.5. The van der Waals surface area contributed by atoms with Crippen LogP contribution in [0.1, 0.15) is 56.0 Å². The molecule has 1 heterocycles. The number of halogens is 1. The van der Waals surface area contributed by atoms with Crippen molar-refractivity contribution >= 4 is 29.2 Å². The standard InChI is InChI=1S/C24H30ClN3O3/c1-4-8-21-16(3)27(24(26)30)15-17-9-6-7-10-22(17)28(21)23(29)19-12-11-18(14-20(19)25)31-13-5-2/h6-7,9-12,14,16,21H,4-5,8,13,15H2,1-3H3,(H2,26,30)/t16?,21-/m1/s1. The molecule has 2 atom stereocenters. The summed E-state index contributed by atoms with van der Waals surface area (Å²) >= 11 is 6.52. The van der Waals surface area contributed by atoms with Crippen LogP contribution in [0.15, 0.2) is 42.5 Å². The number of carbonyl (C=O) groups excluding carboxylic acids is 2. The number of nitrogens with two attached hydrogens (primary N) is 1. The molecule has 166 valence electrons. The van der Waals surface area contributed by atoms with E-state index in [0.717, 1.165) is 30.5 Å². The molecular formula is C24H30ClN3O3. The fraction of sp³-hybridized carbons (Fsp3) is 0.417. The van der Waals surface area contributed by atoms with E-state index >= 15 is 0 Å². The molecule has 0 radical (unpaired) electrons. The molecule has 3 rings (SSSR count). The Balaban J connectivity index is 2.08. The predicted molar refractivity (Wildman–Crippen MR) is 124 cm³/mol. The molecule has 2 aromatic carbocycles. The maximum absolute atomic E-state index is 13.8. The van der Waals surface area contributed by atoms with Gasteiger partial charge in [-0.05, 0) is 49.6 Å². The third-order valence-corrected chi connectivity index (χ3v) is 6.01. The topological polar surface area (TPSA) is 75.9 Å². The van der Waals surface area contributed by atoms with Gasteiger partial charge in [0.2, 0.25) is 0 Å². The Morgan fingerprint density at radius 1 is 1.16 bits per heavy atom. The Hall–Kier alpha value is -2.73. The van der Waals surface area contributed by atoms with Crippen LogP contribution in [0.4, 0.5) is 10.5 Å². The van der Waals surface area contributed by atoms with Crippen molar-refractivity contribution in [1.82, 2.24) is 4.90 Å². The summed E-state index contributed by atoms with van der Waals surface area (Å²) in [6.07, 6.45) is 2.46. The highest BCUT2D eigenvalue weighted by atomic mass is 35.5. The minimum atomic E-state index is -0.492. The van der Waals surface area contributed by atoms with E-state index in [9.17, 15) is 9.59 Å². The third kappa shape index (κ3) is 4.79. The monoisotopic (exact) mass is 443 g/mol. The van der Waals surface area contributed by atoms with Gasteiger partial charge in [-0.1, -0.05) is 50.1 Å². The summed E-state index contributed by atoms with van der Waals surface area (Å²) in [4.78, 5) is 29.5. The number of anilines is 1. The summed E-state index contributed by atoms with van der Waals surface area (Å²) in [6.45, 7) is 6.98. The van der Waals surface area contributed by atoms with Crippen LogP contribution in [0.5, 0.6) is 5.75 Å². The smallest absolute Gasteiger partial charge is 0.315 e. The molecule has 2 N–H and O–H groups in total. The van der Waals surface area contributed by atoms with Gasteiger partial charge < -0.3 is 20.3 Å². The quantitative estimate of drug-likeness (QED) is 0.664. The van der Waals surface area contributed by atoms with Crippen molar-refractivity contribution in [2.24, 2.45) is 5.73 Å². The zero-order valence-electron chi connectivity index (χ0n) is 18.3. The van der Waals surface area contributed by atoms with Crippen molar-refractivity contribution in [2.45, 2.75) is 58.7 Å². The molecule has 31 heavy (non-hydrogen) atoms. The number of fused-ring (bicyclic) bond motifs is 1. The Bertz CT molecular complexity index is 949. The minimum absolute atomic E-state index is 0.198. The summed E-state index contributed by atoms with van der Waals surface area (Å²) in [5, 5.41) is 0.343. The summed E-state index contributed by atoms with van der Waals surface area (Å²) in [7, 11) is 0. The molecule has 3 amide bonds. The fourth-order valence-electron chi connectivity index (χ4n) is 4.12. The second kappa shape index (κ2) is 10.1. The van der Waals surface area contributed by atoms with Crippen LogP contribution in [0, 0.1) is 0 Å². The van der Waals surface area contributed by atoms with Gasteiger partial charge in [0.25, 0.3) is 5.91 Å². The van der Waals surface area contributed by atoms with Crippen molar-refractivity contribution < 1.29 is 14.3 Å². The van der Waals surface area contributed by atoms with E-state index in [-0.39, 0.29) is 18.0 Å². The van der Waals surface area contributed by atoms with Crippen molar-refractivity contribution in [3.05, 3.63) is 58.6 Å². The number of hydrogen-bond donors (Lipinski definition) is 1.